The summed E-state index contributed by atoms with van der Waals surface area (Å²) < 4.78 is 5.95. The minimum atomic E-state index is 0.0776. The number of phenolic OH excluding ortho intramolecular Hbond substituents is 1. The molecule has 3 aliphatic carbocycles. The first kappa shape index (κ1) is 20.8. The Morgan fingerprint density at radius 2 is 1.34 bits per heavy atom. The number of hydrogen-bond donors (Lipinski definition) is 1. The van der Waals surface area contributed by atoms with Crippen LogP contribution in [0, 0.1) is 23.7 Å². The summed E-state index contributed by atoms with van der Waals surface area (Å²) in [4.78, 5) is 12.7. The third-order valence-corrected chi connectivity index (χ3v) is 8.15. The van der Waals surface area contributed by atoms with Crippen LogP contribution < -0.4 is 0 Å². The zero-order valence-electron chi connectivity index (χ0n) is 18.0. The highest BCUT2D eigenvalue weighted by molar-refractivity contribution is 5.72. The average molecular weight is 399 g/mol. The molecule has 3 aliphatic rings. The minimum Gasteiger partial charge on any atom is -0.508 e. The van der Waals surface area contributed by atoms with E-state index >= 15 is 0 Å². The fourth-order valence-corrected chi connectivity index (χ4v) is 6.10. The van der Waals surface area contributed by atoms with Crippen LogP contribution in [-0.4, -0.2) is 17.2 Å². The molecule has 3 nitrogen and oxygen atoms in total. The Morgan fingerprint density at radius 3 is 1.93 bits per heavy atom. The smallest absolute Gasteiger partial charge is 0.309 e. The quantitative estimate of drug-likeness (QED) is 0.582. The lowest BCUT2D eigenvalue weighted by molar-refractivity contribution is -0.157. The zero-order chi connectivity index (χ0) is 20.2. The molecule has 0 radical (unpaired) electrons. The lowest BCUT2D eigenvalue weighted by Gasteiger charge is -2.37. The molecule has 3 fully saturated rings. The van der Waals surface area contributed by atoms with Crippen LogP contribution in [0.1, 0.15) is 95.5 Å². The molecule has 1 aromatic rings. The van der Waals surface area contributed by atoms with Gasteiger partial charge in [0.15, 0.2) is 0 Å². The zero-order valence-corrected chi connectivity index (χ0v) is 18.0. The van der Waals surface area contributed by atoms with Gasteiger partial charge in [-0.2, -0.15) is 0 Å². The third kappa shape index (κ3) is 5.35. The van der Waals surface area contributed by atoms with Crippen LogP contribution in [0.15, 0.2) is 24.3 Å². The topological polar surface area (TPSA) is 46.5 Å². The number of hydrogen-bond acceptors (Lipinski definition) is 3. The van der Waals surface area contributed by atoms with Gasteiger partial charge in [-0.1, -0.05) is 31.9 Å². The van der Waals surface area contributed by atoms with Gasteiger partial charge in [0.05, 0.1) is 5.92 Å². The van der Waals surface area contributed by atoms with Crippen molar-refractivity contribution in [1.82, 2.24) is 0 Å². The summed E-state index contributed by atoms with van der Waals surface area (Å²) in [5.41, 5.74) is 1.29. The molecule has 1 N–H and O–H groups in total. The fourth-order valence-electron chi connectivity index (χ4n) is 6.10. The summed E-state index contributed by atoms with van der Waals surface area (Å²) in [6.07, 6.45) is 14.3. The van der Waals surface area contributed by atoms with E-state index < -0.39 is 0 Å². The molecule has 0 unspecified atom stereocenters. The Balaban J connectivity index is 1.18. The van der Waals surface area contributed by atoms with Gasteiger partial charge in [-0.25, -0.2) is 0 Å². The molecule has 0 heterocycles. The minimum absolute atomic E-state index is 0.0776. The van der Waals surface area contributed by atoms with Crippen LogP contribution in [0.25, 0.3) is 0 Å². The molecule has 0 bridgehead atoms. The highest BCUT2D eigenvalue weighted by atomic mass is 16.5. The van der Waals surface area contributed by atoms with Gasteiger partial charge in [0.1, 0.15) is 11.9 Å². The van der Waals surface area contributed by atoms with Crippen molar-refractivity contribution in [2.24, 2.45) is 23.7 Å². The van der Waals surface area contributed by atoms with E-state index in [0.29, 0.717) is 11.7 Å². The van der Waals surface area contributed by atoms with Crippen molar-refractivity contribution in [1.29, 1.82) is 0 Å². The first-order chi connectivity index (χ1) is 14.1. The first-order valence-corrected chi connectivity index (χ1v) is 12.1. The predicted octanol–water partition coefficient (Wildman–Crippen LogP) is 6.59. The number of ether oxygens (including phenoxy) is 1. The molecule has 0 saturated heterocycles. The number of esters is 1. The van der Waals surface area contributed by atoms with Crippen molar-refractivity contribution in [3.8, 4) is 5.75 Å². The van der Waals surface area contributed by atoms with Crippen LogP contribution in [-0.2, 0) is 9.53 Å². The Bertz CT molecular complexity index is 643. The van der Waals surface area contributed by atoms with Gasteiger partial charge in [0.2, 0.25) is 0 Å². The molecule has 29 heavy (non-hydrogen) atoms. The number of phenols is 1. The summed E-state index contributed by atoms with van der Waals surface area (Å²) in [6, 6.07) is 7.59. The maximum atomic E-state index is 12.7. The molecular formula is C26H38O3. The molecular weight excluding hydrogens is 360 g/mol. The molecule has 0 amide bonds. The number of benzene rings is 1. The van der Waals surface area contributed by atoms with Crippen molar-refractivity contribution < 1.29 is 14.6 Å². The van der Waals surface area contributed by atoms with Crippen molar-refractivity contribution in [2.45, 2.75) is 96.0 Å². The highest BCUT2D eigenvalue weighted by Crippen LogP contribution is 2.42. The summed E-state index contributed by atoms with van der Waals surface area (Å²) in [5, 5.41) is 9.46. The molecule has 0 aromatic heterocycles. The second-order valence-corrected chi connectivity index (χ2v) is 10.1. The summed E-state index contributed by atoms with van der Waals surface area (Å²) in [6.45, 7) is 2.39. The van der Waals surface area contributed by atoms with Gasteiger partial charge >= 0.3 is 5.97 Å². The van der Waals surface area contributed by atoms with Gasteiger partial charge in [0, 0.05) is 0 Å². The lowest BCUT2D eigenvalue weighted by Crippen LogP contribution is -2.31. The molecule has 3 heteroatoms. The standard InChI is InChI=1S/C26H38O3/c1-18-2-4-19(5-3-18)20-6-8-23(9-7-20)26(28)29-25-16-12-22(13-17-25)21-10-14-24(27)15-11-21/h10-11,14-15,18-20,22-23,25,27H,2-9,12-13,16-17H2,1H3/t18-,19-,20-,22-,23-,25-. The van der Waals surface area contributed by atoms with Crippen LogP contribution in [0.5, 0.6) is 5.75 Å². The first-order valence-electron chi connectivity index (χ1n) is 12.1. The van der Waals surface area contributed by atoms with Crippen molar-refractivity contribution in [3.63, 3.8) is 0 Å². The van der Waals surface area contributed by atoms with E-state index in [2.05, 4.69) is 6.92 Å². The van der Waals surface area contributed by atoms with E-state index in [1.54, 1.807) is 12.1 Å². The van der Waals surface area contributed by atoms with E-state index in [1.165, 1.54) is 44.1 Å². The van der Waals surface area contributed by atoms with E-state index in [1.807, 2.05) is 12.1 Å². The van der Waals surface area contributed by atoms with Gasteiger partial charge < -0.3 is 9.84 Å². The highest BCUT2D eigenvalue weighted by Gasteiger charge is 2.34. The number of carbonyl (C=O) groups excluding carboxylic acids is 1. The Labute approximate surface area is 176 Å². The molecule has 1 aromatic carbocycles. The van der Waals surface area contributed by atoms with E-state index in [-0.39, 0.29) is 18.0 Å². The third-order valence-electron chi connectivity index (χ3n) is 8.15. The van der Waals surface area contributed by atoms with E-state index in [9.17, 15) is 9.90 Å². The van der Waals surface area contributed by atoms with Crippen LogP contribution in [0.4, 0.5) is 0 Å². The second kappa shape index (κ2) is 9.53. The predicted molar refractivity (Wildman–Crippen MR) is 116 cm³/mol. The Morgan fingerprint density at radius 1 is 0.793 bits per heavy atom. The molecule has 0 aliphatic heterocycles. The molecule has 3 saturated carbocycles. The number of carbonyl (C=O) groups is 1. The second-order valence-electron chi connectivity index (χ2n) is 10.1. The normalized spacial score (nSPS) is 35.8. The van der Waals surface area contributed by atoms with Crippen LogP contribution >= 0.6 is 0 Å². The summed E-state index contributed by atoms with van der Waals surface area (Å²) >= 11 is 0. The van der Waals surface area contributed by atoms with Gasteiger partial charge in [-0.15, -0.1) is 0 Å². The van der Waals surface area contributed by atoms with Gasteiger partial charge in [-0.05, 0) is 106 Å². The summed E-state index contributed by atoms with van der Waals surface area (Å²) in [7, 11) is 0. The van der Waals surface area contributed by atoms with Crippen molar-refractivity contribution >= 4 is 5.97 Å². The van der Waals surface area contributed by atoms with E-state index in [0.717, 1.165) is 56.3 Å². The van der Waals surface area contributed by atoms with E-state index in [4.69, 9.17) is 4.74 Å². The lowest BCUT2D eigenvalue weighted by atomic mass is 9.69. The molecule has 160 valence electrons. The monoisotopic (exact) mass is 398 g/mol. The maximum absolute atomic E-state index is 12.7. The average Bonchev–Trinajstić information content (AvgIpc) is 2.76. The largest absolute Gasteiger partial charge is 0.508 e. The molecule has 0 atom stereocenters. The SMILES string of the molecule is C[C@H]1CC[C@H]([C@H]2CC[C@H](C(=O)O[C@H]3CC[C@H](c4ccc(O)cc4)CC3)CC2)CC1. The maximum Gasteiger partial charge on any atom is 0.309 e. The van der Waals surface area contributed by atoms with Gasteiger partial charge in [-0.3, -0.25) is 4.79 Å². The summed E-state index contributed by atoms with van der Waals surface area (Å²) in [5.74, 6) is 3.76. The Hall–Kier alpha value is -1.51. The Kier molecular flexibility index (Phi) is 6.82. The molecule has 4 rings (SSSR count). The van der Waals surface area contributed by atoms with Crippen LogP contribution in [0.3, 0.4) is 0 Å². The van der Waals surface area contributed by atoms with Crippen LogP contribution in [0.2, 0.25) is 0 Å². The fraction of sp³-hybridized carbons (Fsp3) is 0.731. The van der Waals surface area contributed by atoms with Crippen molar-refractivity contribution in [2.75, 3.05) is 0 Å². The molecule has 0 spiro atoms. The van der Waals surface area contributed by atoms with Crippen molar-refractivity contribution in [3.05, 3.63) is 29.8 Å². The number of rotatable bonds is 4. The van der Waals surface area contributed by atoms with Gasteiger partial charge in [0.25, 0.3) is 0 Å². The number of aromatic hydroxyl groups is 1.